The van der Waals surface area contributed by atoms with Crippen LogP contribution in [-0.2, 0) is 6.42 Å². The van der Waals surface area contributed by atoms with Crippen LogP contribution in [0.1, 0.15) is 24.0 Å². The van der Waals surface area contributed by atoms with E-state index in [1.165, 1.54) is 24.5 Å². The van der Waals surface area contributed by atoms with E-state index in [9.17, 15) is 4.39 Å². The molecule has 0 saturated heterocycles. The summed E-state index contributed by atoms with van der Waals surface area (Å²) in [6, 6.07) is 5.06. The molecule has 0 aliphatic heterocycles. The highest BCUT2D eigenvalue weighted by atomic mass is 19.1. The molecule has 0 heterocycles. The summed E-state index contributed by atoms with van der Waals surface area (Å²) in [6.45, 7) is 2.82. The van der Waals surface area contributed by atoms with E-state index in [-0.39, 0.29) is 5.82 Å². The maximum absolute atomic E-state index is 13.1. The zero-order valence-electron chi connectivity index (χ0n) is 9.17. The lowest BCUT2D eigenvalue weighted by molar-refractivity contribution is 0.183. The van der Waals surface area contributed by atoms with Crippen molar-refractivity contribution < 1.29 is 4.39 Å². The first-order valence-corrected chi connectivity index (χ1v) is 5.66. The molecule has 1 fully saturated rings. The van der Waals surface area contributed by atoms with Crippen molar-refractivity contribution in [3.05, 3.63) is 35.1 Å². The van der Waals surface area contributed by atoms with Crippen LogP contribution in [0.15, 0.2) is 18.2 Å². The van der Waals surface area contributed by atoms with Gasteiger partial charge in [0, 0.05) is 0 Å². The van der Waals surface area contributed by atoms with Gasteiger partial charge in [0.05, 0.1) is 0 Å². The second kappa shape index (κ2) is 4.31. The number of halogens is 1. The molecule has 15 heavy (non-hydrogen) atoms. The predicted molar refractivity (Wildman–Crippen MR) is 60.1 cm³/mol. The van der Waals surface area contributed by atoms with Crippen molar-refractivity contribution in [2.75, 3.05) is 6.54 Å². The molecule has 0 aromatic heterocycles. The quantitative estimate of drug-likeness (QED) is 0.810. The van der Waals surface area contributed by atoms with Gasteiger partial charge in [-0.05, 0) is 67.8 Å². The van der Waals surface area contributed by atoms with E-state index in [4.69, 9.17) is 5.73 Å². The molecule has 2 N–H and O–H groups in total. The summed E-state index contributed by atoms with van der Waals surface area (Å²) in [5.41, 5.74) is 8.02. The van der Waals surface area contributed by atoms with Crippen LogP contribution in [0.5, 0.6) is 0 Å². The van der Waals surface area contributed by atoms with E-state index in [0.717, 1.165) is 18.5 Å². The van der Waals surface area contributed by atoms with Gasteiger partial charge in [0.15, 0.2) is 0 Å². The summed E-state index contributed by atoms with van der Waals surface area (Å²) in [5, 5.41) is 0. The Bertz CT molecular complexity index is 346. The molecule has 2 atom stereocenters. The Morgan fingerprint density at radius 1 is 1.33 bits per heavy atom. The molecule has 0 amide bonds. The summed E-state index contributed by atoms with van der Waals surface area (Å²) in [7, 11) is 0. The topological polar surface area (TPSA) is 26.0 Å². The van der Waals surface area contributed by atoms with Crippen LogP contribution in [0, 0.1) is 24.6 Å². The van der Waals surface area contributed by atoms with Crippen LogP contribution < -0.4 is 5.73 Å². The van der Waals surface area contributed by atoms with Crippen LogP contribution in [0.4, 0.5) is 4.39 Å². The summed E-state index contributed by atoms with van der Waals surface area (Å²) >= 11 is 0. The van der Waals surface area contributed by atoms with Crippen molar-refractivity contribution in [3.63, 3.8) is 0 Å². The minimum Gasteiger partial charge on any atom is -0.330 e. The molecule has 0 radical (unpaired) electrons. The molecule has 2 heteroatoms. The summed E-state index contributed by atoms with van der Waals surface area (Å²) in [4.78, 5) is 0. The monoisotopic (exact) mass is 207 g/mol. The van der Waals surface area contributed by atoms with Gasteiger partial charge in [0.25, 0.3) is 0 Å². The fraction of sp³-hybridized carbons (Fsp3) is 0.538. The summed E-state index contributed by atoms with van der Waals surface area (Å²) in [5.74, 6) is 1.21. The van der Waals surface area contributed by atoms with Crippen molar-refractivity contribution in [2.24, 2.45) is 17.6 Å². The van der Waals surface area contributed by atoms with Gasteiger partial charge in [-0.1, -0.05) is 6.07 Å². The first kappa shape index (κ1) is 10.6. The van der Waals surface area contributed by atoms with E-state index >= 15 is 0 Å². The van der Waals surface area contributed by atoms with Crippen LogP contribution >= 0.6 is 0 Å². The largest absolute Gasteiger partial charge is 0.330 e. The lowest BCUT2D eigenvalue weighted by Gasteiger charge is -2.36. The average Bonchev–Trinajstić information content (AvgIpc) is 2.18. The molecule has 0 bridgehead atoms. The number of rotatable bonds is 3. The lowest BCUT2D eigenvalue weighted by atomic mass is 9.70. The van der Waals surface area contributed by atoms with E-state index in [2.05, 4.69) is 0 Å². The van der Waals surface area contributed by atoms with Crippen molar-refractivity contribution in [2.45, 2.75) is 26.2 Å². The van der Waals surface area contributed by atoms with Crippen molar-refractivity contribution in [1.29, 1.82) is 0 Å². The Labute approximate surface area is 90.5 Å². The second-order valence-electron chi connectivity index (χ2n) is 4.61. The SMILES string of the molecule is Cc1ccc(F)cc1CC1CCC1CN. The minimum absolute atomic E-state index is 0.126. The fourth-order valence-electron chi connectivity index (χ4n) is 2.36. The number of hydrogen-bond acceptors (Lipinski definition) is 1. The Balaban J connectivity index is 2.07. The standard InChI is InChI=1S/C13H18FN/c1-9-2-5-13(14)7-12(9)6-10-3-4-11(10)8-15/h2,5,7,10-11H,3-4,6,8,15H2,1H3. The van der Waals surface area contributed by atoms with Crippen LogP contribution in [0.2, 0.25) is 0 Å². The van der Waals surface area contributed by atoms with Gasteiger partial charge in [-0.25, -0.2) is 4.39 Å². The van der Waals surface area contributed by atoms with Gasteiger partial charge < -0.3 is 5.73 Å². The Morgan fingerprint density at radius 3 is 2.67 bits per heavy atom. The maximum atomic E-state index is 13.1. The summed E-state index contributed by atoms with van der Waals surface area (Å²) in [6.07, 6.45) is 3.48. The van der Waals surface area contributed by atoms with Crippen LogP contribution in [-0.4, -0.2) is 6.54 Å². The van der Waals surface area contributed by atoms with Gasteiger partial charge in [0.1, 0.15) is 5.82 Å². The molecular formula is C13H18FN. The molecule has 2 unspecified atom stereocenters. The van der Waals surface area contributed by atoms with E-state index in [1.807, 2.05) is 13.0 Å². The molecule has 1 aromatic rings. The van der Waals surface area contributed by atoms with Gasteiger partial charge in [-0.15, -0.1) is 0 Å². The molecule has 1 aromatic carbocycles. The third-order valence-electron chi connectivity index (χ3n) is 3.67. The van der Waals surface area contributed by atoms with E-state index < -0.39 is 0 Å². The molecule has 0 spiro atoms. The molecule has 1 aliphatic carbocycles. The number of aryl methyl sites for hydroxylation is 1. The smallest absolute Gasteiger partial charge is 0.123 e. The summed E-state index contributed by atoms with van der Waals surface area (Å²) < 4.78 is 13.1. The highest BCUT2D eigenvalue weighted by molar-refractivity contribution is 5.27. The predicted octanol–water partition coefficient (Wildman–Crippen LogP) is 2.66. The molecular weight excluding hydrogens is 189 g/mol. The van der Waals surface area contributed by atoms with Crippen molar-refractivity contribution in [1.82, 2.24) is 0 Å². The molecule has 1 saturated carbocycles. The molecule has 2 rings (SSSR count). The van der Waals surface area contributed by atoms with Gasteiger partial charge in [0.2, 0.25) is 0 Å². The zero-order chi connectivity index (χ0) is 10.8. The molecule has 1 nitrogen and oxygen atoms in total. The average molecular weight is 207 g/mol. The first-order valence-electron chi connectivity index (χ1n) is 5.66. The van der Waals surface area contributed by atoms with Crippen LogP contribution in [0.3, 0.4) is 0 Å². The second-order valence-corrected chi connectivity index (χ2v) is 4.61. The highest BCUT2D eigenvalue weighted by Crippen LogP contribution is 2.36. The third-order valence-corrected chi connectivity index (χ3v) is 3.67. The Kier molecular flexibility index (Phi) is 3.06. The van der Waals surface area contributed by atoms with Crippen molar-refractivity contribution in [3.8, 4) is 0 Å². The third kappa shape index (κ3) is 2.20. The minimum atomic E-state index is -0.126. The van der Waals surface area contributed by atoms with Gasteiger partial charge in [-0.3, -0.25) is 0 Å². The highest BCUT2D eigenvalue weighted by Gasteiger charge is 2.29. The Morgan fingerprint density at radius 2 is 2.07 bits per heavy atom. The lowest BCUT2D eigenvalue weighted by Crippen LogP contribution is -2.33. The molecule has 1 aliphatic rings. The maximum Gasteiger partial charge on any atom is 0.123 e. The van der Waals surface area contributed by atoms with Crippen LogP contribution in [0.25, 0.3) is 0 Å². The van der Waals surface area contributed by atoms with E-state index in [1.54, 1.807) is 6.07 Å². The molecule has 82 valence electrons. The van der Waals surface area contributed by atoms with E-state index in [0.29, 0.717) is 11.8 Å². The van der Waals surface area contributed by atoms with Crippen molar-refractivity contribution >= 4 is 0 Å². The zero-order valence-corrected chi connectivity index (χ0v) is 9.17. The number of nitrogens with two attached hydrogens (primary N) is 1. The first-order chi connectivity index (χ1) is 7.20. The number of benzene rings is 1. The number of hydrogen-bond donors (Lipinski definition) is 1. The normalized spacial score (nSPS) is 25.0. The fourth-order valence-corrected chi connectivity index (χ4v) is 2.36. The van der Waals surface area contributed by atoms with Gasteiger partial charge >= 0.3 is 0 Å². The van der Waals surface area contributed by atoms with Gasteiger partial charge in [-0.2, -0.15) is 0 Å². The Hall–Kier alpha value is -0.890.